The monoisotopic (exact) mass is 324 g/mol. The van der Waals surface area contributed by atoms with E-state index in [9.17, 15) is 9.59 Å². The van der Waals surface area contributed by atoms with Crippen molar-refractivity contribution in [3.63, 3.8) is 0 Å². The number of carbonyl (C=O) groups excluding carboxylic acids is 2. The van der Waals surface area contributed by atoms with Crippen LogP contribution in [0.1, 0.15) is 72.1 Å². The zero-order valence-electron chi connectivity index (χ0n) is 14.8. The van der Waals surface area contributed by atoms with Gasteiger partial charge in [0.2, 0.25) is 5.91 Å². The van der Waals surface area contributed by atoms with Crippen LogP contribution in [0.5, 0.6) is 0 Å². The molecular weight excluding hydrogens is 292 g/mol. The van der Waals surface area contributed by atoms with Crippen LogP contribution in [0, 0.1) is 5.92 Å². The van der Waals surface area contributed by atoms with E-state index in [0.717, 1.165) is 25.7 Å². The standard InChI is InChI=1S/C18H32N2O3/c1-18(2,3)23-16(21)12-20-15(13-8-5-4-6-9-13)11-7-10-14(19)17(20)22/h13-15H,4-12,19H2,1-3H3. The fourth-order valence-electron chi connectivity index (χ4n) is 3.92. The van der Waals surface area contributed by atoms with E-state index in [1.165, 1.54) is 19.3 Å². The molecule has 2 fully saturated rings. The summed E-state index contributed by atoms with van der Waals surface area (Å²) in [6.07, 6.45) is 8.65. The maximum Gasteiger partial charge on any atom is 0.326 e. The lowest BCUT2D eigenvalue weighted by Gasteiger charge is -2.38. The zero-order chi connectivity index (χ0) is 17.0. The van der Waals surface area contributed by atoms with Gasteiger partial charge in [-0.15, -0.1) is 0 Å². The minimum Gasteiger partial charge on any atom is -0.459 e. The molecule has 0 aromatic heterocycles. The summed E-state index contributed by atoms with van der Waals surface area (Å²) in [6.45, 7) is 5.57. The summed E-state index contributed by atoms with van der Waals surface area (Å²) in [5, 5.41) is 0. The third-order valence-electron chi connectivity index (χ3n) is 4.93. The number of amides is 1. The van der Waals surface area contributed by atoms with Crippen LogP contribution in [0.4, 0.5) is 0 Å². The van der Waals surface area contributed by atoms with E-state index in [1.807, 2.05) is 20.8 Å². The highest BCUT2D eigenvalue weighted by atomic mass is 16.6. The van der Waals surface area contributed by atoms with Gasteiger partial charge in [-0.3, -0.25) is 9.59 Å². The van der Waals surface area contributed by atoms with Gasteiger partial charge in [-0.05, 0) is 58.8 Å². The van der Waals surface area contributed by atoms with Crippen molar-refractivity contribution in [2.75, 3.05) is 6.54 Å². The molecule has 2 unspecified atom stereocenters. The summed E-state index contributed by atoms with van der Waals surface area (Å²) in [7, 11) is 0. The van der Waals surface area contributed by atoms with E-state index in [1.54, 1.807) is 4.90 Å². The van der Waals surface area contributed by atoms with Crippen LogP contribution in [-0.4, -0.2) is 41.0 Å². The summed E-state index contributed by atoms with van der Waals surface area (Å²) >= 11 is 0. The topological polar surface area (TPSA) is 72.6 Å². The Balaban J connectivity index is 2.12. The van der Waals surface area contributed by atoms with Crippen molar-refractivity contribution >= 4 is 11.9 Å². The fourth-order valence-corrected chi connectivity index (χ4v) is 3.92. The smallest absolute Gasteiger partial charge is 0.326 e. The highest BCUT2D eigenvalue weighted by Gasteiger charge is 2.37. The Kier molecular flexibility index (Phi) is 6.06. The summed E-state index contributed by atoms with van der Waals surface area (Å²) in [6, 6.07) is -0.338. The first-order chi connectivity index (χ1) is 10.8. The van der Waals surface area contributed by atoms with Crippen LogP contribution in [0.3, 0.4) is 0 Å². The average molecular weight is 324 g/mol. The molecule has 132 valence electrons. The molecular formula is C18H32N2O3. The molecule has 1 aliphatic carbocycles. The van der Waals surface area contributed by atoms with Gasteiger partial charge in [0.15, 0.2) is 0 Å². The molecule has 1 heterocycles. The van der Waals surface area contributed by atoms with E-state index in [-0.39, 0.29) is 24.5 Å². The van der Waals surface area contributed by atoms with Gasteiger partial charge in [0.1, 0.15) is 12.1 Å². The van der Waals surface area contributed by atoms with Gasteiger partial charge < -0.3 is 15.4 Å². The SMILES string of the molecule is CC(C)(C)OC(=O)CN1C(=O)C(N)CCCC1C1CCCCC1. The van der Waals surface area contributed by atoms with Crippen molar-refractivity contribution in [3.8, 4) is 0 Å². The average Bonchev–Trinajstić information content (AvgIpc) is 2.60. The highest BCUT2D eigenvalue weighted by Crippen LogP contribution is 2.33. The van der Waals surface area contributed by atoms with Crippen molar-refractivity contribution in [2.24, 2.45) is 11.7 Å². The second-order valence-corrected chi connectivity index (χ2v) is 8.06. The molecule has 5 heteroatoms. The molecule has 0 bridgehead atoms. The molecule has 0 spiro atoms. The first-order valence-electron chi connectivity index (χ1n) is 9.06. The number of hydrogen-bond acceptors (Lipinski definition) is 4. The first-order valence-corrected chi connectivity index (χ1v) is 9.06. The van der Waals surface area contributed by atoms with Gasteiger partial charge in [-0.25, -0.2) is 0 Å². The van der Waals surface area contributed by atoms with Gasteiger partial charge in [-0.2, -0.15) is 0 Å². The van der Waals surface area contributed by atoms with Crippen LogP contribution in [0.25, 0.3) is 0 Å². The number of ether oxygens (including phenoxy) is 1. The van der Waals surface area contributed by atoms with Gasteiger partial charge in [-0.1, -0.05) is 19.3 Å². The number of esters is 1. The molecule has 0 radical (unpaired) electrons. The van der Waals surface area contributed by atoms with E-state index < -0.39 is 11.6 Å². The molecule has 5 nitrogen and oxygen atoms in total. The van der Waals surface area contributed by atoms with E-state index in [2.05, 4.69) is 0 Å². The van der Waals surface area contributed by atoms with Crippen molar-refractivity contribution in [2.45, 2.75) is 89.8 Å². The number of nitrogens with two attached hydrogens (primary N) is 1. The summed E-state index contributed by atoms with van der Waals surface area (Å²) in [5.74, 6) is 0.0881. The molecule has 0 aromatic carbocycles. The first kappa shape index (κ1) is 18.2. The molecule has 23 heavy (non-hydrogen) atoms. The van der Waals surface area contributed by atoms with Gasteiger partial charge in [0, 0.05) is 6.04 Å². The number of hydrogen-bond donors (Lipinski definition) is 1. The summed E-state index contributed by atoms with van der Waals surface area (Å²) < 4.78 is 5.43. The van der Waals surface area contributed by atoms with Crippen molar-refractivity contribution in [3.05, 3.63) is 0 Å². The third-order valence-corrected chi connectivity index (χ3v) is 4.93. The molecule has 2 aliphatic rings. The number of carbonyl (C=O) groups is 2. The largest absolute Gasteiger partial charge is 0.459 e. The van der Waals surface area contributed by atoms with Crippen LogP contribution >= 0.6 is 0 Å². The number of nitrogens with zero attached hydrogens (tertiary/aromatic N) is 1. The molecule has 2 rings (SSSR count). The van der Waals surface area contributed by atoms with Crippen LogP contribution < -0.4 is 5.73 Å². The number of rotatable bonds is 3. The molecule has 2 N–H and O–H groups in total. The highest BCUT2D eigenvalue weighted by molar-refractivity contribution is 5.86. The second-order valence-electron chi connectivity index (χ2n) is 8.06. The van der Waals surface area contributed by atoms with E-state index >= 15 is 0 Å². The Morgan fingerprint density at radius 1 is 1.13 bits per heavy atom. The Morgan fingerprint density at radius 2 is 1.78 bits per heavy atom. The van der Waals surface area contributed by atoms with Gasteiger partial charge >= 0.3 is 5.97 Å². The van der Waals surface area contributed by atoms with Crippen molar-refractivity contribution in [1.29, 1.82) is 0 Å². The second kappa shape index (κ2) is 7.65. The van der Waals surface area contributed by atoms with Crippen LogP contribution in [0.15, 0.2) is 0 Å². The predicted molar refractivity (Wildman–Crippen MR) is 89.7 cm³/mol. The Hall–Kier alpha value is -1.10. The molecule has 2 atom stereocenters. The van der Waals surface area contributed by atoms with Crippen molar-refractivity contribution in [1.82, 2.24) is 4.90 Å². The molecule has 1 saturated carbocycles. The summed E-state index contributed by atoms with van der Waals surface area (Å²) in [4.78, 5) is 26.7. The minimum atomic E-state index is -0.533. The normalized spacial score (nSPS) is 27.7. The summed E-state index contributed by atoms with van der Waals surface area (Å²) in [5.41, 5.74) is 5.49. The fraction of sp³-hybridized carbons (Fsp3) is 0.889. The lowest BCUT2D eigenvalue weighted by atomic mass is 9.81. The quantitative estimate of drug-likeness (QED) is 0.810. The maximum atomic E-state index is 12.7. The van der Waals surface area contributed by atoms with Crippen molar-refractivity contribution < 1.29 is 14.3 Å². The molecule has 0 aromatic rings. The minimum absolute atomic E-state index is 0.0327. The van der Waals surface area contributed by atoms with E-state index in [0.29, 0.717) is 12.3 Å². The Bertz CT molecular complexity index is 424. The number of likely N-dealkylation sites (tertiary alicyclic amines) is 1. The lowest BCUT2D eigenvalue weighted by molar-refractivity contribution is -0.160. The lowest BCUT2D eigenvalue weighted by Crippen LogP contribution is -2.52. The van der Waals surface area contributed by atoms with E-state index in [4.69, 9.17) is 10.5 Å². The Morgan fingerprint density at radius 3 is 2.39 bits per heavy atom. The molecule has 1 aliphatic heterocycles. The molecule has 1 amide bonds. The third kappa shape index (κ3) is 5.20. The predicted octanol–water partition coefficient (Wildman–Crippen LogP) is 2.62. The molecule has 1 saturated heterocycles. The zero-order valence-corrected chi connectivity index (χ0v) is 14.8. The maximum absolute atomic E-state index is 12.7. The van der Waals surface area contributed by atoms with Crippen LogP contribution in [-0.2, 0) is 14.3 Å². The van der Waals surface area contributed by atoms with Gasteiger partial charge in [0.25, 0.3) is 0 Å². The Labute approximate surface area is 139 Å². The van der Waals surface area contributed by atoms with Crippen LogP contribution in [0.2, 0.25) is 0 Å². The van der Waals surface area contributed by atoms with Gasteiger partial charge in [0.05, 0.1) is 6.04 Å².